The van der Waals surface area contributed by atoms with Crippen LogP contribution in [0.4, 0.5) is 11.6 Å². The lowest BCUT2D eigenvalue weighted by Gasteiger charge is -2.09. The summed E-state index contributed by atoms with van der Waals surface area (Å²) in [5.41, 5.74) is 7.89. The van der Waals surface area contributed by atoms with Crippen molar-refractivity contribution < 1.29 is 4.92 Å². The molecule has 0 bridgehead atoms. The molecule has 152 valence electrons. The molecule has 31 heavy (non-hydrogen) atoms. The molecule has 4 rings (SSSR count). The Kier molecular flexibility index (Phi) is 5.75. The van der Waals surface area contributed by atoms with Crippen molar-refractivity contribution in [3.63, 3.8) is 0 Å². The van der Waals surface area contributed by atoms with E-state index in [-0.39, 0.29) is 5.69 Å². The first kappa shape index (κ1) is 19.9. The molecule has 0 spiro atoms. The molecule has 0 aliphatic carbocycles. The maximum Gasteiger partial charge on any atom is 0.269 e. The standard InChI is InChI=1S/C24H19N5O2/c1-17(18-12-14-21(15-13-18)29(30)31)27-28-24-25-22(19-8-4-2-5-9-19)16-23(26-24)20-10-6-3-7-11-20/h2-16H,1H3,(H,25,26,28)/b27-17+. The Balaban J connectivity index is 1.67. The van der Waals surface area contributed by atoms with E-state index in [1.54, 1.807) is 12.1 Å². The zero-order valence-corrected chi connectivity index (χ0v) is 16.8. The van der Waals surface area contributed by atoms with Gasteiger partial charge in [0.05, 0.1) is 22.0 Å². The van der Waals surface area contributed by atoms with Gasteiger partial charge in [0.1, 0.15) is 0 Å². The molecule has 1 aromatic heterocycles. The monoisotopic (exact) mass is 409 g/mol. The van der Waals surface area contributed by atoms with Crippen LogP contribution in [0.25, 0.3) is 22.5 Å². The van der Waals surface area contributed by atoms with Crippen molar-refractivity contribution >= 4 is 17.3 Å². The van der Waals surface area contributed by atoms with Crippen LogP contribution >= 0.6 is 0 Å². The van der Waals surface area contributed by atoms with Gasteiger partial charge in [-0.2, -0.15) is 5.10 Å². The number of nitro benzene ring substituents is 1. The Hall–Kier alpha value is -4.39. The molecule has 0 unspecified atom stereocenters. The Morgan fingerprint density at radius 1 is 0.839 bits per heavy atom. The second kappa shape index (κ2) is 8.96. The number of hydrogen-bond donors (Lipinski definition) is 1. The number of nitrogens with zero attached hydrogens (tertiary/aromatic N) is 4. The van der Waals surface area contributed by atoms with Crippen LogP contribution in [-0.4, -0.2) is 20.6 Å². The van der Waals surface area contributed by atoms with Gasteiger partial charge in [-0.15, -0.1) is 0 Å². The van der Waals surface area contributed by atoms with Gasteiger partial charge in [0, 0.05) is 23.3 Å². The maximum atomic E-state index is 10.8. The minimum Gasteiger partial charge on any atom is -0.258 e. The second-order valence-corrected chi connectivity index (χ2v) is 6.81. The highest BCUT2D eigenvalue weighted by Crippen LogP contribution is 2.25. The zero-order valence-electron chi connectivity index (χ0n) is 16.8. The number of aromatic nitrogens is 2. The molecule has 0 saturated carbocycles. The number of hydrogen-bond acceptors (Lipinski definition) is 6. The number of hydrazone groups is 1. The quantitative estimate of drug-likeness (QED) is 0.256. The van der Waals surface area contributed by atoms with Gasteiger partial charge in [-0.05, 0) is 30.7 Å². The summed E-state index contributed by atoms with van der Waals surface area (Å²) in [6.07, 6.45) is 0. The zero-order chi connectivity index (χ0) is 21.6. The van der Waals surface area contributed by atoms with Crippen molar-refractivity contribution in [2.75, 3.05) is 5.43 Å². The molecule has 0 amide bonds. The molecule has 0 radical (unpaired) electrons. The Morgan fingerprint density at radius 2 is 1.35 bits per heavy atom. The normalized spacial score (nSPS) is 11.2. The summed E-state index contributed by atoms with van der Waals surface area (Å²) in [6.45, 7) is 1.81. The van der Waals surface area contributed by atoms with Crippen LogP contribution in [0.15, 0.2) is 96.1 Å². The Morgan fingerprint density at radius 3 is 1.84 bits per heavy atom. The summed E-state index contributed by atoms with van der Waals surface area (Å²) in [6, 6.07) is 27.9. The van der Waals surface area contributed by atoms with E-state index in [9.17, 15) is 10.1 Å². The van der Waals surface area contributed by atoms with Crippen molar-refractivity contribution in [3.05, 3.63) is 107 Å². The lowest BCUT2D eigenvalue weighted by atomic mass is 10.1. The SMILES string of the molecule is C/C(=N\Nc1nc(-c2ccccc2)cc(-c2ccccc2)n1)c1ccc([N+](=O)[O-])cc1. The highest BCUT2D eigenvalue weighted by molar-refractivity contribution is 5.99. The molecule has 0 atom stereocenters. The largest absolute Gasteiger partial charge is 0.269 e. The van der Waals surface area contributed by atoms with Gasteiger partial charge in [-0.3, -0.25) is 10.1 Å². The van der Waals surface area contributed by atoms with E-state index in [0.717, 1.165) is 28.1 Å². The van der Waals surface area contributed by atoms with E-state index in [1.807, 2.05) is 73.7 Å². The predicted molar refractivity (Wildman–Crippen MR) is 122 cm³/mol. The number of nitrogens with one attached hydrogen (secondary N) is 1. The van der Waals surface area contributed by atoms with Crippen molar-refractivity contribution in [1.29, 1.82) is 0 Å². The fraction of sp³-hybridized carbons (Fsp3) is 0.0417. The van der Waals surface area contributed by atoms with Crippen LogP contribution < -0.4 is 5.43 Å². The molecular formula is C24H19N5O2. The summed E-state index contributed by atoms with van der Waals surface area (Å²) < 4.78 is 0. The molecule has 0 aliphatic heterocycles. The molecule has 1 N–H and O–H groups in total. The van der Waals surface area contributed by atoms with Gasteiger partial charge in [-0.1, -0.05) is 60.7 Å². The average Bonchev–Trinajstić information content (AvgIpc) is 2.83. The van der Waals surface area contributed by atoms with E-state index in [1.165, 1.54) is 12.1 Å². The fourth-order valence-electron chi connectivity index (χ4n) is 3.03. The molecule has 1 heterocycles. The van der Waals surface area contributed by atoms with Crippen LogP contribution in [0.3, 0.4) is 0 Å². The van der Waals surface area contributed by atoms with E-state index in [0.29, 0.717) is 11.7 Å². The summed E-state index contributed by atoms with van der Waals surface area (Å²) in [7, 11) is 0. The van der Waals surface area contributed by atoms with Gasteiger partial charge < -0.3 is 0 Å². The van der Waals surface area contributed by atoms with Crippen LogP contribution in [0.1, 0.15) is 12.5 Å². The maximum absolute atomic E-state index is 10.8. The molecule has 0 fully saturated rings. The number of benzene rings is 3. The highest BCUT2D eigenvalue weighted by Gasteiger charge is 2.09. The molecule has 3 aromatic carbocycles. The Labute approximate surface area is 179 Å². The van der Waals surface area contributed by atoms with Gasteiger partial charge in [0.15, 0.2) is 0 Å². The Bertz CT molecular complexity index is 1170. The number of rotatable bonds is 6. The van der Waals surface area contributed by atoms with Crippen molar-refractivity contribution in [2.24, 2.45) is 5.10 Å². The number of non-ortho nitro benzene ring substituents is 1. The van der Waals surface area contributed by atoms with Gasteiger partial charge in [-0.25, -0.2) is 15.4 Å². The molecule has 7 heteroatoms. The third-order valence-electron chi connectivity index (χ3n) is 4.68. The molecule has 4 aromatic rings. The van der Waals surface area contributed by atoms with Crippen LogP contribution in [0.2, 0.25) is 0 Å². The van der Waals surface area contributed by atoms with Gasteiger partial charge in [0.25, 0.3) is 5.69 Å². The van der Waals surface area contributed by atoms with Crippen LogP contribution in [0, 0.1) is 10.1 Å². The minimum absolute atomic E-state index is 0.0379. The van der Waals surface area contributed by atoms with Crippen molar-refractivity contribution in [2.45, 2.75) is 6.92 Å². The smallest absolute Gasteiger partial charge is 0.258 e. The summed E-state index contributed by atoms with van der Waals surface area (Å²) >= 11 is 0. The first-order valence-electron chi connectivity index (χ1n) is 9.65. The third kappa shape index (κ3) is 4.79. The molecule has 0 aliphatic rings. The second-order valence-electron chi connectivity index (χ2n) is 6.81. The molecule has 0 saturated heterocycles. The van der Waals surface area contributed by atoms with E-state index in [2.05, 4.69) is 20.5 Å². The van der Waals surface area contributed by atoms with E-state index < -0.39 is 4.92 Å². The predicted octanol–water partition coefficient (Wildman–Crippen LogP) is 5.55. The summed E-state index contributed by atoms with van der Waals surface area (Å²) in [4.78, 5) is 19.6. The number of nitro groups is 1. The fourth-order valence-corrected chi connectivity index (χ4v) is 3.03. The first-order chi connectivity index (χ1) is 15.1. The number of anilines is 1. The van der Waals surface area contributed by atoms with Crippen molar-refractivity contribution in [3.8, 4) is 22.5 Å². The van der Waals surface area contributed by atoms with Crippen molar-refractivity contribution in [1.82, 2.24) is 9.97 Å². The summed E-state index contributed by atoms with van der Waals surface area (Å²) in [5, 5.41) is 15.2. The van der Waals surface area contributed by atoms with Crippen LogP contribution in [-0.2, 0) is 0 Å². The first-order valence-corrected chi connectivity index (χ1v) is 9.65. The van der Waals surface area contributed by atoms with E-state index in [4.69, 9.17) is 0 Å². The molecular weight excluding hydrogens is 390 g/mol. The van der Waals surface area contributed by atoms with Gasteiger partial charge in [0.2, 0.25) is 5.95 Å². The van der Waals surface area contributed by atoms with E-state index >= 15 is 0 Å². The minimum atomic E-state index is -0.428. The lowest BCUT2D eigenvalue weighted by Crippen LogP contribution is -2.04. The highest BCUT2D eigenvalue weighted by atomic mass is 16.6. The third-order valence-corrected chi connectivity index (χ3v) is 4.68. The van der Waals surface area contributed by atoms with Crippen LogP contribution in [0.5, 0.6) is 0 Å². The molecule has 7 nitrogen and oxygen atoms in total. The average molecular weight is 409 g/mol. The topological polar surface area (TPSA) is 93.3 Å². The lowest BCUT2D eigenvalue weighted by molar-refractivity contribution is -0.384. The van der Waals surface area contributed by atoms with Gasteiger partial charge >= 0.3 is 0 Å². The summed E-state index contributed by atoms with van der Waals surface area (Å²) in [5.74, 6) is 0.362.